The lowest BCUT2D eigenvalue weighted by Crippen LogP contribution is -2.42. The molecule has 13 aromatic carbocycles. The molecule has 7 unspecified atom stereocenters. The van der Waals surface area contributed by atoms with Gasteiger partial charge in [0.2, 0.25) is 5.91 Å². The Bertz CT molecular complexity index is 6490. The molecule has 1 amide bonds. The number of nitriles is 1. The monoisotopic (exact) mass is 1940 g/mol. The van der Waals surface area contributed by atoms with Gasteiger partial charge in [0.15, 0.2) is 0 Å². The number of aryl methyl sites for hydroxylation is 7. The molecule has 2 aromatic heterocycles. The van der Waals surface area contributed by atoms with Crippen LogP contribution < -0.4 is 29.4 Å². The molecular formula is C125H137N9O11. The molecule has 0 saturated heterocycles. The van der Waals surface area contributed by atoms with Crippen LogP contribution in [0.25, 0.3) is 0 Å². The molecule has 1 aliphatic carbocycles. The first-order valence-corrected chi connectivity index (χ1v) is 50.0. The van der Waals surface area contributed by atoms with Gasteiger partial charge in [-0.3, -0.25) is 39.3 Å². The number of fused-ring (bicyclic) bond motifs is 2. The number of pyridine rings is 2. The Morgan fingerprint density at radius 1 is 0.393 bits per heavy atom. The molecule has 2 aliphatic heterocycles. The van der Waals surface area contributed by atoms with E-state index in [4.69, 9.17) is 29.4 Å². The number of carbonyl (C=O) groups excluding carboxylic acids is 1. The Balaban J connectivity index is 0.000000144. The maximum Gasteiger partial charge on any atom is 0.248 e. The van der Waals surface area contributed by atoms with E-state index in [1.807, 2.05) is 259 Å². The summed E-state index contributed by atoms with van der Waals surface area (Å²) in [6.07, 6.45) is 7.61. The number of aromatic nitrogens is 2. The summed E-state index contributed by atoms with van der Waals surface area (Å²) < 4.78 is 28.9. The van der Waals surface area contributed by atoms with Crippen LogP contribution in [0.4, 0.5) is 0 Å². The van der Waals surface area contributed by atoms with Gasteiger partial charge in [-0.05, 0) is 243 Å². The van der Waals surface area contributed by atoms with Crippen LogP contribution in [0.15, 0.2) is 377 Å². The first-order valence-electron chi connectivity index (χ1n) is 50.0. The highest BCUT2D eigenvalue weighted by molar-refractivity contribution is 5.92. The van der Waals surface area contributed by atoms with Crippen molar-refractivity contribution in [2.45, 2.75) is 162 Å². The van der Waals surface area contributed by atoms with Gasteiger partial charge in [-0.25, -0.2) is 0 Å². The summed E-state index contributed by atoms with van der Waals surface area (Å²) in [7, 11) is 0. The van der Waals surface area contributed by atoms with Crippen molar-refractivity contribution in [2.24, 2.45) is 5.73 Å². The zero-order valence-corrected chi connectivity index (χ0v) is 84.3. The zero-order chi connectivity index (χ0) is 102. The minimum Gasteiger partial charge on any atom is -0.491 e. The van der Waals surface area contributed by atoms with Crippen LogP contribution in [0.1, 0.15) is 147 Å². The Hall–Kier alpha value is -14.3. The fraction of sp³-hybridized carbons (Fsp3) is 0.280. The van der Waals surface area contributed by atoms with Crippen LogP contribution in [-0.2, 0) is 57.8 Å². The summed E-state index contributed by atoms with van der Waals surface area (Å²) in [6, 6.07) is 120. The number of rotatable bonds is 40. The number of aliphatic hydroxyl groups excluding tert-OH is 5. The number of ether oxygens (including phenoxy) is 5. The molecule has 748 valence electrons. The van der Waals surface area contributed by atoms with E-state index in [1.54, 1.807) is 18.3 Å². The second-order valence-electron chi connectivity index (χ2n) is 38.2. The van der Waals surface area contributed by atoms with Crippen molar-refractivity contribution in [1.82, 2.24) is 34.5 Å². The van der Waals surface area contributed by atoms with Crippen LogP contribution >= 0.6 is 0 Å². The zero-order valence-electron chi connectivity index (χ0n) is 84.3. The van der Waals surface area contributed by atoms with E-state index >= 15 is 0 Å². The largest absolute Gasteiger partial charge is 0.491 e. The number of carbonyl (C=O) groups is 1. The fourth-order valence-corrected chi connectivity index (χ4v) is 18.4. The van der Waals surface area contributed by atoms with Crippen molar-refractivity contribution in [3.63, 3.8) is 0 Å². The van der Waals surface area contributed by atoms with E-state index < -0.39 is 36.4 Å². The van der Waals surface area contributed by atoms with E-state index in [0.717, 1.165) is 84.3 Å². The Kier molecular flexibility index (Phi) is 40.0. The summed E-state index contributed by atoms with van der Waals surface area (Å²) in [4.78, 5) is 31.6. The third kappa shape index (κ3) is 33.4. The molecule has 3 aliphatic rings. The second-order valence-corrected chi connectivity index (χ2v) is 38.2. The lowest BCUT2D eigenvalue weighted by atomic mass is 9.90. The van der Waals surface area contributed by atoms with Gasteiger partial charge in [-0.2, -0.15) is 5.26 Å². The van der Waals surface area contributed by atoms with Crippen LogP contribution in [0, 0.1) is 59.8 Å². The fourth-order valence-electron chi connectivity index (χ4n) is 18.4. The lowest BCUT2D eigenvalue weighted by Gasteiger charge is -2.38. The Labute approximate surface area is 855 Å². The number of amides is 1. The topological polar surface area (TPSA) is 256 Å². The molecule has 7 N–H and O–H groups in total. The highest BCUT2D eigenvalue weighted by atomic mass is 16.5. The normalized spacial score (nSPS) is 14.9. The van der Waals surface area contributed by atoms with Gasteiger partial charge in [0.25, 0.3) is 0 Å². The molecule has 145 heavy (non-hydrogen) atoms. The van der Waals surface area contributed by atoms with Gasteiger partial charge < -0.3 is 55.0 Å². The smallest absolute Gasteiger partial charge is 0.248 e. The molecule has 1 fully saturated rings. The molecule has 0 radical (unpaired) electrons. The van der Waals surface area contributed by atoms with Gasteiger partial charge in [-0.15, -0.1) is 0 Å². The molecule has 4 heterocycles. The number of hydrogen-bond acceptors (Lipinski definition) is 19. The molecule has 7 atom stereocenters. The number of β-amino-alcohol motifs (C(OH)–C–C–N with tert-alkyl or cyclic N) is 2. The number of hydrogen-bond donors (Lipinski definition) is 6. The molecule has 0 bridgehead atoms. The maximum atomic E-state index is 11.5. The summed E-state index contributed by atoms with van der Waals surface area (Å²) in [6.45, 7) is 23.3. The van der Waals surface area contributed by atoms with Crippen molar-refractivity contribution < 1.29 is 54.0 Å². The predicted octanol–water partition coefficient (Wildman–Crippen LogP) is 21.1. The van der Waals surface area contributed by atoms with Gasteiger partial charge >= 0.3 is 0 Å². The number of aliphatic hydroxyl groups is 5. The maximum absolute atomic E-state index is 11.5. The van der Waals surface area contributed by atoms with Crippen molar-refractivity contribution in [3.8, 4) is 34.8 Å². The SMILES string of the molecule is Cc1ccc(OCC(O)CN(Cc2cccc(C#N)c2)Cc2ccccc2C)cc1.Cc1ccc(OCC(O)CN(Cc2cccc(C(N)=O)c2)Cc2ccccc2C)cc1.Cc1ccc(OCC(O)CN(Cc2ccccc2)C2(c3cccnc3)CC2)cc1.Cc1ccc(OCC(O)CN2Cc3ccccc3C2c2ccccc2)cc1.Cc1ccc(OCC(O)CN2Cc3ccccc3CC2c2cccnc2)cc1. The summed E-state index contributed by atoms with van der Waals surface area (Å²) in [5, 5.41) is 62.5. The molecule has 18 rings (SSSR count). The molecule has 20 nitrogen and oxygen atoms in total. The van der Waals surface area contributed by atoms with E-state index in [9.17, 15) is 35.6 Å². The summed E-state index contributed by atoms with van der Waals surface area (Å²) >= 11 is 0. The van der Waals surface area contributed by atoms with Crippen LogP contribution in [0.5, 0.6) is 28.7 Å². The summed E-state index contributed by atoms with van der Waals surface area (Å²) in [5.74, 6) is 3.42. The Morgan fingerprint density at radius 3 is 1.26 bits per heavy atom. The van der Waals surface area contributed by atoms with Crippen molar-refractivity contribution in [2.75, 3.05) is 65.8 Å². The first-order chi connectivity index (χ1) is 70.5. The second kappa shape index (κ2) is 54.4. The van der Waals surface area contributed by atoms with E-state index in [2.05, 4.69) is 188 Å². The predicted molar refractivity (Wildman–Crippen MR) is 575 cm³/mol. The van der Waals surface area contributed by atoms with Crippen molar-refractivity contribution >= 4 is 5.91 Å². The minimum absolute atomic E-state index is 0.0467. The third-order valence-electron chi connectivity index (χ3n) is 26.3. The first kappa shape index (κ1) is 106. The van der Waals surface area contributed by atoms with E-state index in [-0.39, 0.29) is 50.7 Å². The van der Waals surface area contributed by atoms with Gasteiger partial charge in [0.1, 0.15) is 92.3 Å². The van der Waals surface area contributed by atoms with E-state index in [0.29, 0.717) is 70.0 Å². The van der Waals surface area contributed by atoms with E-state index in [1.165, 1.54) is 89.0 Å². The van der Waals surface area contributed by atoms with Crippen molar-refractivity contribution in [3.05, 3.63) is 493 Å². The highest BCUT2D eigenvalue weighted by Crippen LogP contribution is 2.52. The summed E-state index contributed by atoms with van der Waals surface area (Å²) in [5.41, 5.74) is 29.6. The van der Waals surface area contributed by atoms with Crippen LogP contribution in [-0.4, -0.2) is 162 Å². The standard InChI is InChI=1S/C26H30N2O3.C26H28N2O2.C25H28N2O2.C24H26N2O2.C24H25NO2/c1-19-10-12-25(13-11-19)31-18-24(29)17-28(16-23-8-4-3-6-20(23)2)15-21-7-5-9-22(14-21)26(27)30;1-20-10-12-26(13-11-20)30-19-25(29)18-28(17-24-9-4-3-6-21(24)2)16-23-8-5-7-22(14-23)15-27;1-20-9-11-24(12-10-20)29-19-23(28)18-27(17-21-6-3-2-4-7-21)25(13-14-25)22-8-5-15-26-16-22;1-18-8-10-23(11-9-18)28-17-22(27)16-26-15-21-6-3-2-5-19(21)13-24(26)20-7-4-12-25-14-20;1-18-11-13-22(14-12-18)27-17-21(26)16-25-15-20-9-5-6-10-23(20)24(25)19-7-3-2-4-8-19/h3-14,24,29H,15-18H2,1-2H3,(H2,27,30);3-14,25,29H,16-19H2,1-2H3;2-12,15-16,23,28H,13-14,17-19H2,1H3;2-12,14,22,24,27H,13,15-17H2,1H3;2-14,21,24,26H,15-17H2,1H3. The highest BCUT2D eigenvalue weighted by Gasteiger charge is 2.50. The average molecular weight is 1940 g/mol. The number of benzene rings is 13. The van der Waals surface area contributed by atoms with Crippen LogP contribution in [0.2, 0.25) is 0 Å². The van der Waals surface area contributed by atoms with Gasteiger partial charge in [0, 0.05) is 120 Å². The van der Waals surface area contributed by atoms with Gasteiger partial charge in [0.05, 0.1) is 17.7 Å². The molecule has 15 aromatic rings. The minimum atomic E-state index is -0.662. The number of nitrogens with zero attached hydrogens (tertiary/aromatic N) is 8. The Morgan fingerprint density at radius 2 is 0.793 bits per heavy atom. The van der Waals surface area contributed by atoms with Gasteiger partial charge in [-0.1, -0.05) is 283 Å². The number of nitrogens with two attached hydrogens (primary N) is 1. The third-order valence-corrected chi connectivity index (χ3v) is 26.3. The lowest BCUT2D eigenvalue weighted by molar-refractivity contribution is 0.0407. The van der Waals surface area contributed by atoms with Crippen molar-refractivity contribution in [1.29, 1.82) is 5.26 Å². The molecule has 20 heteroatoms. The molecular weight excluding hydrogens is 1800 g/mol. The quantitative estimate of drug-likeness (QED) is 0.0209. The molecule has 1 saturated carbocycles. The van der Waals surface area contributed by atoms with Crippen LogP contribution in [0.3, 0.4) is 0 Å². The average Bonchev–Trinajstić information content (AvgIpc) is 1.59. The number of primary amides is 1. The molecule has 0 spiro atoms.